The number of aliphatic hydroxyl groups is 4. The average molecular weight is 809 g/mol. The van der Waals surface area contributed by atoms with E-state index in [1.54, 1.807) is 0 Å². The third kappa shape index (κ3) is 29.8. The van der Waals surface area contributed by atoms with E-state index >= 15 is 0 Å². The zero-order valence-electron chi connectivity index (χ0n) is 36.1. The maximum atomic E-state index is 12.8. The molecule has 1 aliphatic heterocycles. The van der Waals surface area contributed by atoms with Crippen LogP contribution in [0.25, 0.3) is 0 Å². The third-order valence-electron chi connectivity index (χ3n) is 10.6. The van der Waals surface area contributed by atoms with Crippen molar-refractivity contribution in [3.8, 4) is 0 Å². The molecule has 1 fully saturated rings. The predicted molar refractivity (Wildman–Crippen MR) is 228 cm³/mol. The van der Waals surface area contributed by atoms with E-state index in [1.165, 1.54) is 96.3 Å². The van der Waals surface area contributed by atoms with Gasteiger partial charge < -0.3 is 39.4 Å². The lowest BCUT2D eigenvalue weighted by Gasteiger charge is -2.39. The quantitative estimate of drug-likeness (QED) is 0.0205. The molecule has 0 saturated carbocycles. The van der Waals surface area contributed by atoms with Crippen molar-refractivity contribution >= 4 is 11.9 Å². The van der Waals surface area contributed by atoms with Crippen LogP contribution in [-0.2, 0) is 28.5 Å². The molecule has 0 bridgehead atoms. The Hall–Kier alpha value is -2.04. The van der Waals surface area contributed by atoms with Gasteiger partial charge in [0.05, 0.1) is 13.2 Å². The summed E-state index contributed by atoms with van der Waals surface area (Å²) in [6, 6.07) is 0. The third-order valence-corrected chi connectivity index (χ3v) is 10.6. The van der Waals surface area contributed by atoms with Crippen LogP contribution in [0.1, 0.15) is 200 Å². The van der Waals surface area contributed by atoms with E-state index in [9.17, 15) is 30.0 Å². The van der Waals surface area contributed by atoms with Gasteiger partial charge in [-0.3, -0.25) is 9.59 Å². The highest BCUT2D eigenvalue weighted by atomic mass is 16.7. The standard InChI is InChI=1S/C47H84O10/c1-3-5-7-9-11-13-15-17-19-20-22-23-25-27-29-31-33-35-42(49)54-38-40(39-55-47-46(53)45(52)44(51)41(37-48)57-47)56-43(50)36-34-32-30-28-26-24-21-18-16-14-12-10-8-6-4-2/h16-17,19,21,40-41,44-48,51-53H,3-15,20,22-39H2,1-2H3/b19-17+/t18?,40-,41-,44+,45?,46?,47-/m0/s1. The molecule has 0 amide bonds. The summed E-state index contributed by atoms with van der Waals surface area (Å²) in [6.07, 6.45) is 32.4. The van der Waals surface area contributed by atoms with E-state index < -0.39 is 49.4 Å². The number of unbranched alkanes of at least 4 members (excludes halogenated alkanes) is 23. The van der Waals surface area contributed by atoms with Crippen LogP contribution in [0.3, 0.4) is 0 Å². The minimum absolute atomic E-state index is 0.210. The Morgan fingerprint density at radius 2 is 1.04 bits per heavy atom. The van der Waals surface area contributed by atoms with Crippen LogP contribution in [0.4, 0.5) is 0 Å². The molecule has 10 heteroatoms. The monoisotopic (exact) mass is 809 g/mol. The van der Waals surface area contributed by atoms with E-state index in [2.05, 4.69) is 43.9 Å². The molecule has 1 saturated heterocycles. The molecule has 0 aromatic carbocycles. The lowest BCUT2D eigenvalue weighted by Crippen LogP contribution is -2.59. The second-order valence-corrected chi connectivity index (χ2v) is 16.0. The highest BCUT2D eigenvalue weighted by Crippen LogP contribution is 2.22. The molecule has 4 N–H and O–H groups in total. The van der Waals surface area contributed by atoms with Gasteiger partial charge in [0.2, 0.25) is 0 Å². The Morgan fingerprint density at radius 1 is 0.579 bits per heavy atom. The van der Waals surface area contributed by atoms with Crippen LogP contribution in [-0.4, -0.2) is 89.0 Å². The maximum Gasteiger partial charge on any atom is 0.306 e. The van der Waals surface area contributed by atoms with Gasteiger partial charge in [-0.1, -0.05) is 135 Å². The summed E-state index contributed by atoms with van der Waals surface area (Å²) in [6.45, 7) is 3.38. The first-order chi connectivity index (χ1) is 27.8. The van der Waals surface area contributed by atoms with Crippen LogP contribution >= 0.6 is 0 Å². The number of carbonyl (C=O) groups is 2. The van der Waals surface area contributed by atoms with E-state index in [4.69, 9.17) is 18.9 Å². The second kappa shape index (κ2) is 38.2. The molecule has 10 nitrogen and oxygen atoms in total. The zero-order chi connectivity index (χ0) is 41.6. The van der Waals surface area contributed by atoms with E-state index in [-0.39, 0.29) is 32.0 Å². The molecule has 332 valence electrons. The summed E-state index contributed by atoms with van der Waals surface area (Å²) in [5, 5.41) is 40.1. The van der Waals surface area contributed by atoms with Crippen LogP contribution < -0.4 is 0 Å². The number of hydrogen-bond donors (Lipinski definition) is 4. The first-order valence-electron chi connectivity index (χ1n) is 23.2. The minimum Gasteiger partial charge on any atom is -0.462 e. The van der Waals surface area contributed by atoms with Crippen molar-refractivity contribution in [2.24, 2.45) is 0 Å². The molecule has 0 aliphatic carbocycles. The fraction of sp³-hybridized carbons (Fsp3) is 0.851. The molecule has 0 spiro atoms. The molecule has 6 atom stereocenters. The van der Waals surface area contributed by atoms with Crippen LogP contribution in [0.5, 0.6) is 0 Å². The number of carbonyl (C=O) groups excluding carboxylic acids is 2. The Labute approximate surface area is 346 Å². The largest absolute Gasteiger partial charge is 0.462 e. The number of aliphatic hydroxyl groups excluding tert-OH is 4. The molecule has 0 radical (unpaired) electrons. The summed E-state index contributed by atoms with van der Waals surface area (Å²) >= 11 is 0. The number of ether oxygens (including phenoxy) is 4. The topological polar surface area (TPSA) is 152 Å². The van der Waals surface area contributed by atoms with Crippen molar-refractivity contribution in [3.63, 3.8) is 0 Å². The molecular weight excluding hydrogens is 725 g/mol. The van der Waals surface area contributed by atoms with Crippen molar-refractivity contribution in [2.45, 2.75) is 237 Å². The Balaban J connectivity index is 2.33. The maximum absolute atomic E-state index is 12.8. The van der Waals surface area contributed by atoms with Gasteiger partial charge in [-0.15, -0.1) is 5.73 Å². The van der Waals surface area contributed by atoms with Gasteiger partial charge in [0.1, 0.15) is 31.0 Å². The van der Waals surface area contributed by atoms with Crippen LogP contribution in [0, 0.1) is 0 Å². The molecular formula is C47H84O10. The number of allylic oxidation sites excluding steroid dienone is 3. The Morgan fingerprint density at radius 3 is 1.54 bits per heavy atom. The smallest absolute Gasteiger partial charge is 0.306 e. The fourth-order valence-electron chi connectivity index (χ4n) is 6.87. The average Bonchev–Trinajstić information content (AvgIpc) is 3.21. The molecule has 1 rings (SSSR count). The minimum atomic E-state index is -1.60. The zero-order valence-corrected chi connectivity index (χ0v) is 36.1. The van der Waals surface area contributed by atoms with Gasteiger partial charge in [0.25, 0.3) is 0 Å². The summed E-state index contributed by atoms with van der Waals surface area (Å²) in [5.41, 5.74) is 3.29. The SMILES string of the molecule is CCCCCCCC=C=CCCCCCCCC(=O)O[C@@H](COC(=O)CCCCCCCCC/C=C/CCCCCCCC)CO[C@H]1O[C@@H](CO)[C@@H](O)C(O)C1O. The van der Waals surface area contributed by atoms with Gasteiger partial charge >= 0.3 is 11.9 Å². The normalized spacial score (nSPS) is 20.0. The second-order valence-electron chi connectivity index (χ2n) is 16.0. The van der Waals surface area contributed by atoms with Crippen LogP contribution in [0.2, 0.25) is 0 Å². The number of rotatable bonds is 38. The highest BCUT2D eigenvalue weighted by Gasteiger charge is 2.44. The molecule has 0 aromatic heterocycles. The number of hydrogen-bond acceptors (Lipinski definition) is 10. The summed E-state index contributed by atoms with van der Waals surface area (Å²) in [7, 11) is 0. The predicted octanol–water partition coefficient (Wildman–Crippen LogP) is 9.88. The molecule has 1 aliphatic rings. The van der Waals surface area contributed by atoms with Crippen molar-refractivity contribution in [2.75, 3.05) is 19.8 Å². The van der Waals surface area contributed by atoms with Gasteiger partial charge in [0, 0.05) is 12.8 Å². The van der Waals surface area contributed by atoms with Gasteiger partial charge in [-0.25, -0.2) is 0 Å². The van der Waals surface area contributed by atoms with Gasteiger partial charge in [-0.2, -0.15) is 0 Å². The van der Waals surface area contributed by atoms with Crippen molar-refractivity contribution < 1.29 is 49.0 Å². The lowest BCUT2D eigenvalue weighted by atomic mass is 9.99. The van der Waals surface area contributed by atoms with Crippen LogP contribution in [0.15, 0.2) is 30.0 Å². The van der Waals surface area contributed by atoms with Gasteiger partial charge in [0.15, 0.2) is 12.4 Å². The highest BCUT2D eigenvalue weighted by molar-refractivity contribution is 5.70. The molecule has 1 heterocycles. The van der Waals surface area contributed by atoms with Crippen molar-refractivity contribution in [3.05, 3.63) is 30.0 Å². The summed E-state index contributed by atoms with van der Waals surface area (Å²) in [4.78, 5) is 25.3. The first kappa shape index (κ1) is 53.0. The fourth-order valence-corrected chi connectivity index (χ4v) is 6.87. The summed E-state index contributed by atoms with van der Waals surface area (Å²) < 4.78 is 22.1. The Bertz CT molecular complexity index is 1040. The van der Waals surface area contributed by atoms with Crippen molar-refractivity contribution in [1.82, 2.24) is 0 Å². The molecule has 57 heavy (non-hydrogen) atoms. The first-order valence-corrected chi connectivity index (χ1v) is 23.2. The van der Waals surface area contributed by atoms with E-state index in [0.717, 1.165) is 70.6 Å². The molecule has 2 unspecified atom stereocenters. The van der Waals surface area contributed by atoms with Gasteiger partial charge in [-0.05, 0) is 76.4 Å². The molecule has 0 aromatic rings. The van der Waals surface area contributed by atoms with Crippen molar-refractivity contribution in [1.29, 1.82) is 0 Å². The van der Waals surface area contributed by atoms with E-state index in [1.807, 2.05) is 0 Å². The lowest BCUT2D eigenvalue weighted by molar-refractivity contribution is -0.305. The number of esters is 2. The van der Waals surface area contributed by atoms with E-state index in [0.29, 0.717) is 6.42 Å². The summed E-state index contributed by atoms with van der Waals surface area (Å²) in [5.74, 6) is -0.829. The Kier molecular flexibility index (Phi) is 35.5.